The Labute approximate surface area is 210 Å². The fraction of sp³-hybridized carbons (Fsp3) is 0.355. The standard InChI is InChI=1S/C31H37NO3/c1-6-14-23(4)26-19-28(25-17-12-9-13-18-25)32-20-27(26)30(29(22(3)7-2)31(33)34-5)35-21-24-15-10-8-11-16-24/h8,10-12,15-20,22H,4,6-7,9,13-14,21H2,1-3,5H3/b30-29-. The van der Waals surface area contributed by atoms with Crippen molar-refractivity contribution in [2.45, 2.75) is 59.5 Å². The summed E-state index contributed by atoms with van der Waals surface area (Å²) in [6.45, 7) is 11.0. The first kappa shape index (κ1) is 26.2. The molecule has 2 aromatic rings. The van der Waals surface area contributed by atoms with E-state index in [0.717, 1.165) is 65.6 Å². The Kier molecular flexibility index (Phi) is 9.66. The van der Waals surface area contributed by atoms with Gasteiger partial charge in [0.25, 0.3) is 0 Å². The second kappa shape index (κ2) is 12.9. The summed E-state index contributed by atoms with van der Waals surface area (Å²) in [5, 5.41) is 0. The van der Waals surface area contributed by atoms with Crippen molar-refractivity contribution in [3.63, 3.8) is 0 Å². The molecule has 1 unspecified atom stereocenters. The molecule has 1 heterocycles. The van der Waals surface area contributed by atoms with Crippen LogP contribution in [0.1, 0.15) is 75.3 Å². The van der Waals surface area contributed by atoms with Crippen molar-refractivity contribution < 1.29 is 14.3 Å². The van der Waals surface area contributed by atoms with Gasteiger partial charge in [-0.1, -0.05) is 82.3 Å². The molecular weight excluding hydrogens is 434 g/mol. The maximum Gasteiger partial charge on any atom is 0.337 e. The second-order valence-electron chi connectivity index (χ2n) is 8.93. The summed E-state index contributed by atoms with van der Waals surface area (Å²) in [5.74, 6) is 0.0927. The largest absolute Gasteiger partial charge is 0.488 e. The van der Waals surface area contributed by atoms with E-state index in [0.29, 0.717) is 17.9 Å². The summed E-state index contributed by atoms with van der Waals surface area (Å²) in [6.07, 6.45) is 13.0. The Balaban J connectivity index is 2.20. The number of aromatic nitrogens is 1. The van der Waals surface area contributed by atoms with Crippen LogP contribution in [0, 0.1) is 5.92 Å². The zero-order valence-corrected chi connectivity index (χ0v) is 21.5. The fourth-order valence-corrected chi connectivity index (χ4v) is 4.19. The molecule has 1 atom stereocenters. The Morgan fingerprint density at radius 3 is 2.54 bits per heavy atom. The molecule has 0 bridgehead atoms. The molecule has 1 aliphatic carbocycles. The quantitative estimate of drug-likeness (QED) is 0.191. The van der Waals surface area contributed by atoms with Crippen LogP contribution in [0.5, 0.6) is 0 Å². The molecule has 0 N–H and O–H groups in total. The lowest BCUT2D eigenvalue weighted by Gasteiger charge is -2.22. The lowest BCUT2D eigenvalue weighted by atomic mass is 9.90. The van der Waals surface area contributed by atoms with Crippen LogP contribution in [0.4, 0.5) is 0 Å². The summed E-state index contributed by atoms with van der Waals surface area (Å²) in [6, 6.07) is 12.1. The minimum atomic E-state index is -0.378. The molecule has 0 saturated carbocycles. The summed E-state index contributed by atoms with van der Waals surface area (Å²) in [4.78, 5) is 17.8. The lowest BCUT2D eigenvalue weighted by molar-refractivity contribution is -0.136. The highest BCUT2D eigenvalue weighted by molar-refractivity contribution is 5.98. The highest BCUT2D eigenvalue weighted by Gasteiger charge is 2.27. The molecule has 0 radical (unpaired) electrons. The maximum atomic E-state index is 13.0. The highest BCUT2D eigenvalue weighted by Crippen LogP contribution is 2.35. The first-order valence-electron chi connectivity index (χ1n) is 12.5. The zero-order valence-electron chi connectivity index (χ0n) is 21.5. The minimum Gasteiger partial charge on any atom is -0.488 e. The van der Waals surface area contributed by atoms with Crippen molar-refractivity contribution in [2.24, 2.45) is 5.92 Å². The number of carbonyl (C=O) groups is 1. The van der Waals surface area contributed by atoms with E-state index in [4.69, 9.17) is 14.5 Å². The number of esters is 1. The number of ether oxygens (including phenoxy) is 2. The van der Waals surface area contributed by atoms with Gasteiger partial charge in [0.15, 0.2) is 0 Å². The second-order valence-corrected chi connectivity index (χ2v) is 8.93. The van der Waals surface area contributed by atoms with E-state index >= 15 is 0 Å². The van der Waals surface area contributed by atoms with Crippen LogP contribution in [0.3, 0.4) is 0 Å². The Morgan fingerprint density at radius 1 is 1.14 bits per heavy atom. The average Bonchev–Trinajstić information content (AvgIpc) is 2.91. The first-order chi connectivity index (χ1) is 17.0. The predicted octanol–water partition coefficient (Wildman–Crippen LogP) is 7.78. The molecule has 0 fully saturated rings. The van der Waals surface area contributed by atoms with Gasteiger partial charge in [-0.05, 0) is 59.9 Å². The normalized spacial score (nSPS) is 14.6. The minimum absolute atomic E-state index is 0.0517. The van der Waals surface area contributed by atoms with Gasteiger partial charge in [-0.15, -0.1) is 0 Å². The van der Waals surface area contributed by atoms with Crippen LogP contribution in [-0.2, 0) is 20.9 Å². The van der Waals surface area contributed by atoms with Crippen molar-refractivity contribution in [2.75, 3.05) is 7.11 Å². The average molecular weight is 472 g/mol. The SMILES string of the molecule is C=C(CCC)c1cc(C2=CCCC=C2)ncc1/C(OCc1ccccc1)=C(/C(=O)OC)C(C)CC. The van der Waals surface area contributed by atoms with Crippen LogP contribution in [0.2, 0.25) is 0 Å². The topological polar surface area (TPSA) is 48.4 Å². The Bertz CT molecular complexity index is 1130. The molecular formula is C31H37NO3. The van der Waals surface area contributed by atoms with Gasteiger partial charge in [0, 0.05) is 11.8 Å². The molecule has 4 heteroatoms. The number of nitrogens with zero attached hydrogens (tertiary/aromatic N) is 1. The maximum absolute atomic E-state index is 13.0. The van der Waals surface area contributed by atoms with Crippen molar-refractivity contribution in [3.8, 4) is 0 Å². The molecule has 1 aromatic carbocycles. The molecule has 1 aliphatic rings. The van der Waals surface area contributed by atoms with Crippen LogP contribution < -0.4 is 0 Å². The molecule has 0 spiro atoms. The van der Waals surface area contributed by atoms with Crippen molar-refractivity contribution in [1.29, 1.82) is 0 Å². The van der Waals surface area contributed by atoms with Gasteiger partial charge in [0.1, 0.15) is 12.4 Å². The van der Waals surface area contributed by atoms with Crippen molar-refractivity contribution >= 4 is 22.9 Å². The van der Waals surface area contributed by atoms with E-state index in [1.54, 1.807) is 0 Å². The zero-order chi connectivity index (χ0) is 25.2. The molecule has 1 aromatic heterocycles. The van der Waals surface area contributed by atoms with Crippen LogP contribution in [0.15, 0.2) is 73.0 Å². The number of benzene rings is 1. The van der Waals surface area contributed by atoms with E-state index in [1.807, 2.05) is 43.5 Å². The first-order valence-corrected chi connectivity index (χ1v) is 12.5. The summed E-state index contributed by atoms with van der Waals surface area (Å²) in [7, 11) is 1.42. The van der Waals surface area contributed by atoms with E-state index in [-0.39, 0.29) is 11.9 Å². The van der Waals surface area contributed by atoms with Crippen molar-refractivity contribution in [1.82, 2.24) is 4.98 Å². The number of carbonyl (C=O) groups excluding carboxylic acids is 1. The summed E-state index contributed by atoms with van der Waals surface area (Å²) >= 11 is 0. The molecule has 0 aliphatic heterocycles. The van der Waals surface area contributed by atoms with Crippen LogP contribution in [-0.4, -0.2) is 18.1 Å². The van der Waals surface area contributed by atoms with Gasteiger partial charge in [-0.25, -0.2) is 4.79 Å². The van der Waals surface area contributed by atoms with E-state index < -0.39 is 0 Å². The van der Waals surface area contributed by atoms with E-state index in [1.165, 1.54) is 7.11 Å². The number of pyridine rings is 1. The third-order valence-electron chi connectivity index (χ3n) is 6.35. The number of hydrogen-bond acceptors (Lipinski definition) is 4. The Morgan fingerprint density at radius 2 is 1.91 bits per heavy atom. The van der Waals surface area contributed by atoms with Gasteiger partial charge < -0.3 is 9.47 Å². The van der Waals surface area contributed by atoms with Gasteiger partial charge >= 0.3 is 5.97 Å². The number of allylic oxidation sites excluding steroid dienone is 5. The number of rotatable bonds is 11. The third-order valence-corrected chi connectivity index (χ3v) is 6.35. The van der Waals surface area contributed by atoms with Crippen molar-refractivity contribution in [3.05, 3.63) is 95.4 Å². The summed E-state index contributed by atoms with van der Waals surface area (Å²) in [5.41, 5.74) is 6.31. The molecule has 184 valence electrons. The summed E-state index contributed by atoms with van der Waals surface area (Å²) < 4.78 is 11.7. The Hall–Kier alpha value is -3.40. The molecule has 3 rings (SSSR count). The number of methoxy groups -OCH3 is 1. The van der Waals surface area contributed by atoms with Gasteiger partial charge in [-0.3, -0.25) is 4.98 Å². The highest BCUT2D eigenvalue weighted by atomic mass is 16.5. The van der Waals surface area contributed by atoms with Gasteiger partial charge in [0.05, 0.1) is 18.4 Å². The molecule has 4 nitrogen and oxygen atoms in total. The molecule has 0 amide bonds. The monoisotopic (exact) mass is 471 g/mol. The number of hydrogen-bond donors (Lipinski definition) is 0. The van der Waals surface area contributed by atoms with Gasteiger partial charge in [0.2, 0.25) is 0 Å². The van der Waals surface area contributed by atoms with E-state index in [9.17, 15) is 4.79 Å². The van der Waals surface area contributed by atoms with E-state index in [2.05, 4.69) is 44.7 Å². The third kappa shape index (κ3) is 6.60. The van der Waals surface area contributed by atoms with Crippen LogP contribution in [0.25, 0.3) is 16.9 Å². The van der Waals surface area contributed by atoms with Gasteiger partial charge in [-0.2, -0.15) is 0 Å². The predicted molar refractivity (Wildman–Crippen MR) is 144 cm³/mol. The smallest absolute Gasteiger partial charge is 0.337 e. The van der Waals surface area contributed by atoms with Crippen LogP contribution >= 0.6 is 0 Å². The fourth-order valence-electron chi connectivity index (χ4n) is 4.19. The lowest BCUT2D eigenvalue weighted by Crippen LogP contribution is -2.16. The molecule has 35 heavy (non-hydrogen) atoms. The molecule has 0 saturated heterocycles.